The Morgan fingerprint density at radius 3 is 2.74 bits per heavy atom. The minimum atomic E-state index is 0.147. The summed E-state index contributed by atoms with van der Waals surface area (Å²) in [6.45, 7) is 5.38. The number of aromatic nitrogens is 1. The minimum Gasteiger partial charge on any atom is -0.454 e. The fourth-order valence-electron chi connectivity index (χ4n) is 3.36. The van der Waals surface area contributed by atoms with E-state index in [1.54, 1.807) is 6.20 Å². The van der Waals surface area contributed by atoms with Crippen LogP contribution in [0.25, 0.3) is 0 Å². The third-order valence-electron chi connectivity index (χ3n) is 4.88. The number of fused-ring (bicyclic) bond motifs is 1. The van der Waals surface area contributed by atoms with Crippen molar-refractivity contribution in [2.75, 3.05) is 39.5 Å². The first-order chi connectivity index (χ1) is 13.3. The Bertz CT molecular complexity index is 776. The van der Waals surface area contributed by atoms with Crippen LogP contribution in [0.4, 0.5) is 0 Å². The van der Waals surface area contributed by atoms with Crippen molar-refractivity contribution in [2.45, 2.75) is 13.1 Å². The lowest BCUT2D eigenvalue weighted by Gasteiger charge is -2.34. The molecular weight excluding hydrogens is 344 g/mol. The van der Waals surface area contributed by atoms with Crippen molar-refractivity contribution >= 4 is 5.91 Å². The highest BCUT2D eigenvalue weighted by Gasteiger charge is 2.21. The number of carbonyl (C=O) groups is 1. The maximum Gasteiger partial charge on any atom is 0.236 e. The third-order valence-corrected chi connectivity index (χ3v) is 4.88. The molecule has 2 aliphatic rings. The fraction of sp³-hybridized carbons (Fsp3) is 0.400. The first-order valence-corrected chi connectivity index (χ1v) is 9.27. The number of amides is 1. The van der Waals surface area contributed by atoms with Gasteiger partial charge in [-0.1, -0.05) is 12.1 Å². The van der Waals surface area contributed by atoms with Crippen LogP contribution in [0.5, 0.6) is 11.5 Å². The summed E-state index contributed by atoms with van der Waals surface area (Å²) in [4.78, 5) is 20.9. The van der Waals surface area contributed by atoms with E-state index >= 15 is 0 Å². The molecule has 0 aliphatic carbocycles. The maximum absolute atomic E-state index is 12.4. The summed E-state index contributed by atoms with van der Waals surface area (Å²) in [5.41, 5.74) is 2.15. The smallest absolute Gasteiger partial charge is 0.236 e. The Hall–Kier alpha value is -2.64. The predicted molar refractivity (Wildman–Crippen MR) is 100 cm³/mol. The predicted octanol–water partition coefficient (Wildman–Crippen LogP) is 1.24. The van der Waals surface area contributed by atoms with Crippen LogP contribution in [0.2, 0.25) is 0 Å². The summed E-state index contributed by atoms with van der Waals surface area (Å²) in [5.74, 6) is 1.78. The molecule has 0 radical (unpaired) electrons. The lowest BCUT2D eigenvalue weighted by atomic mass is 10.1. The van der Waals surface area contributed by atoms with Crippen LogP contribution in [0.3, 0.4) is 0 Å². The van der Waals surface area contributed by atoms with E-state index in [0.717, 1.165) is 49.9 Å². The normalized spacial score (nSPS) is 16.5. The van der Waals surface area contributed by atoms with E-state index in [4.69, 9.17) is 9.47 Å². The highest BCUT2D eigenvalue weighted by atomic mass is 16.7. The van der Waals surface area contributed by atoms with Gasteiger partial charge < -0.3 is 19.7 Å². The molecule has 0 atom stereocenters. The van der Waals surface area contributed by atoms with Gasteiger partial charge in [-0.2, -0.15) is 0 Å². The molecule has 7 nitrogen and oxygen atoms in total. The van der Waals surface area contributed by atoms with Crippen LogP contribution in [0.1, 0.15) is 11.3 Å². The van der Waals surface area contributed by atoms with Crippen LogP contribution in [0.15, 0.2) is 42.6 Å². The summed E-state index contributed by atoms with van der Waals surface area (Å²) in [6.07, 6.45) is 1.76. The molecule has 2 aromatic rings. The number of carbonyl (C=O) groups excluding carboxylic acids is 1. The summed E-state index contributed by atoms with van der Waals surface area (Å²) in [7, 11) is 0. The summed E-state index contributed by atoms with van der Waals surface area (Å²) < 4.78 is 10.8. The van der Waals surface area contributed by atoms with Crippen molar-refractivity contribution in [3.8, 4) is 11.5 Å². The van der Waals surface area contributed by atoms with Gasteiger partial charge in [0.1, 0.15) is 0 Å². The van der Waals surface area contributed by atoms with Crippen molar-refractivity contribution < 1.29 is 14.3 Å². The molecule has 0 bridgehead atoms. The maximum atomic E-state index is 12.4. The molecule has 142 valence electrons. The van der Waals surface area contributed by atoms with E-state index in [0.29, 0.717) is 19.9 Å². The first kappa shape index (κ1) is 17.8. The quantitative estimate of drug-likeness (QED) is 0.828. The molecule has 0 spiro atoms. The molecule has 1 saturated heterocycles. The Kier molecular flexibility index (Phi) is 5.50. The monoisotopic (exact) mass is 368 g/mol. The molecule has 0 saturated carbocycles. The SMILES string of the molecule is O=C(CNCc1ccccn1)N1CCN(Cc2ccc3c(c2)OCO3)CC1. The second-order valence-electron chi connectivity index (χ2n) is 6.77. The van der Waals surface area contributed by atoms with Crippen LogP contribution >= 0.6 is 0 Å². The number of piperazine rings is 1. The van der Waals surface area contributed by atoms with Crippen LogP contribution in [0, 0.1) is 0 Å². The largest absolute Gasteiger partial charge is 0.454 e. The average molecular weight is 368 g/mol. The first-order valence-electron chi connectivity index (χ1n) is 9.27. The van der Waals surface area contributed by atoms with Gasteiger partial charge in [0.25, 0.3) is 0 Å². The fourth-order valence-corrected chi connectivity index (χ4v) is 3.36. The van der Waals surface area contributed by atoms with Gasteiger partial charge in [0.15, 0.2) is 11.5 Å². The van der Waals surface area contributed by atoms with Crippen LogP contribution in [-0.4, -0.2) is 60.2 Å². The zero-order valence-electron chi connectivity index (χ0n) is 15.3. The number of hydrogen-bond acceptors (Lipinski definition) is 6. The number of rotatable bonds is 6. The zero-order chi connectivity index (χ0) is 18.5. The molecular formula is C20H24N4O3. The number of nitrogens with one attached hydrogen (secondary N) is 1. The van der Waals surface area contributed by atoms with Gasteiger partial charge in [-0.3, -0.25) is 14.7 Å². The van der Waals surface area contributed by atoms with Crippen LogP contribution < -0.4 is 14.8 Å². The summed E-state index contributed by atoms with van der Waals surface area (Å²) in [6, 6.07) is 11.9. The Balaban J connectivity index is 1.20. The highest BCUT2D eigenvalue weighted by Crippen LogP contribution is 2.32. The number of ether oxygens (including phenoxy) is 2. The second-order valence-corrected chi connectivity index (χ2v) is 6.77. The van der Waals surface area contributed by atoms with Gasteiger partial charge in [-0.05, 0) is 29.8 Å². The summed E-state index contributed by atoms with van der Waals surface area (Å²) >= 11 is 0. The van der Waals surface area contributed by atoms with E-state index in [1.807, 2.05) is 35.2 Å². The molecule has 2 aliphatic heterocycles. The Morgan fingerprint density at radius 2 is 1.93 bits per heavy atom. The number of benzene rings is 1. The minimum absolute atomic E-state index is 0.147. The van der Waals surface area contributed by atoms with Gasteiger partial charge in [0, 0.05) is 45.5 Å². The molecule has 1 aromatic heterocycles. The van der Waals surface area contributed by atoms with Crippen molar-refractivity contribution in [3.63, 3.8) is 0 Å². The van der Waals surface area contributed by atoms with Crippen molar-refractivity contribution in [1.29, 1.82) is 0 Å². The summed E-state index contributed by atoms with van der Waals surface area (Å²) in [5, 5.41) is 3.18. The molecule has 4 rings (SSSR count). The van der Waals surface area contributed by atoms with Crippen LogP contribution in [-0.2, 0) is 17.9 Å². The van der Waals surface area contributed by atoms with Crippen molar-refractivity contribution in [1.82, 2.24) is 20.1 Å². The Labute approximate surface area is 158 Å². The third kappa shape index (κ3) is 4.56. The molecule has 1 N–H and O–H groups in total. The van der Waals surface area contributed by atoms with Gasteiger partial charge in [0.05, 0.1) is 12.2 Å². The lowest BCUT2D eigenvalue weighted by molar-refractivity contribution is -0.132. The molecule has 27 heavy (non-hydrogen) atoms. The molecule has 1 amide bonds. The molecule has 1 aromatic carbocycles. The lowest BCUT2D eigenvalue weighted by Crippen LogP contribution is -2.50. The van der Waals surface area contributed by atoms with E-state index in [2.05, 4.69) is 21.3 Å². The average Bonchev–Trinajstić information content (AvgIpc) is 3.17. The van der Waals surface area contributed by atoms with Gasteiger partial charge in [0.2, 0.25) is 12.7 Å². The van der Waals surface area contributed by atoms with Gasteiger partial charge in [-0.15, -0.1) is 0 Å². The van der Waals surface area contributed by atoms with E-state index in [9.17, 15) is 4.79 Å². The topological polar surface area (TPSA) is 66.9 Å². The van der Waals surface area contributed by atoms with E-state index in [1.165, 1.54) is 5.56 Å². The zero-order valence-corrected chi connectivity index (χ0v) is 15.3. The molecule has 1 fully saturated rings. The number of pyridine rings is 1. The highest BCUT2D eigenvalue weighted by molar-refractivity contribution is 5.78. The second kappa shape index (κ2) is 8.37. The Morgan fingerprint density at radius 1 is 1.07 bits per heavy atom. The van der Waals surface area contributed by atoms with Gasteiger partial charge >= 0.3 is 0 Å². The van der Waals surface area contributed by atoms with E-state index in [-0.39, 0.29) is 5.91 Å². The molecule has 0 unspecified atom stereocenters. The van der Waals surface area contributed by atoms with Crippen molar-refractivity contribution in [2.24, 2.45) is 0 Å². The van der Waals surface area contributed by atoms with Crippen molar-refractivity contribution in [3.05, 3.63) is 53.9 Å². The van der Waals surface area contributed by atoms with Gasteiger partial charge in [-0.25, -0.2) is 0 Å². The molecule has 7 heteroatoms. The number of hydrogen-bond donors (Lipinski definition) is 1. The number of nitrogens with zero attached hydrogens (tertiary/aromatic N) is 3. The van der Waals surface area contributed by atoms with E-state index < -0.39 is 0 Å². The molecule has 3 heterocycles. The standard InChI is InChI=1S/C20H24N4O3/c25-20(13-21-12-17-3-1-2-6-22-17)24-9-7-23(8-10-24)14-16-4-5-18-19(11-16)27-15-26-18/h1-6,11,21H,7-10,12-15H2.